The second-order valence-electron chi connectivity index (χ2n) is 16.8. The van der Waals surface area contributed by atoms with E-state index in [1.165, 1.54) is 0 Å². The van der Waals surface area contributed by atoms with Crippen molar-refractivity contribution in [3.63, 3.8) is 0 Å². The molecule has 0 radical (unpaired) electrons. The Morgan fingerprint density at radius 3 is 2.02 bits per heavy atom. The third-order valence-electron chi connectivity index (χ3n) is 11.8. The molecule has 3 aliphatic rings. The lowest BCUT2D eigenvalue weighted by Crippen LogP contribution is -2.60. The summed E-state index contributed by atoms with van der Waals surface area (Å²) in [4.78, 5) is 29.8. The van der Waals surface area contributed by atoms with Crippen LogP contribution < -0.4 is 0 Å². The van der Waals surface area contributed by atoms with Gasteiger partial charge in [-0.3, -0.25) is 9.59 Å². The van der Waals surface area contributed by atoms with Gasteiger partial charge in [0.2, 0.25) is 0 Å². The number of rotatable bonds is 6. The summed E-state index contributed by atoms with van der Waals surface area (Å²) >= 11 is 0. The molecular formula is C37H67NO11. The molecule has 16 atom stereocenters. The number of carbonyl (C=O) groups excluding carboxylic acids is 2. The van der Waals surface area contributed by atoms with Gasteiger partial charge in [-0.15, -0.1) is 0 Å². The van der Waals surface area contributed by atoms with E-state index in [1.54, 1.807) is 55.6 Å². The summed E-state index contributed by atoms with van der Waals surface area (Å²) in [6.45, 7) is 19.6. The van der Waals surface area contributed by atoms with Crippen molar-refractivity contribution < 1.29 is 53.3 Å². The third kappa shape index (κ3) is 9.61. The summed E-state index contributed by atoms with van der Waals surface area (Å²) in [6.07, 6.45) is -5.67. The van der Waals surface area contributed by atoms with Gasteiger partial charge in [-0.1, -0.05) is 34.6 Å². The maximum atomic E-state index is 14.0. The highest BCUT2D eigenvalue weighted by atomic mass is 16.7. The molecule has 0 bridgehead atoms. The molecule has 3 fully saturated rings. The second-order valence-corrected chi connectivity index (χ2v) is 16.8. The molecule has 3 aliphatic heterocycles. The minimum Gasteiger partial charge on any atom is -0.462 e. The monoisotopic (exact) mass is 701 g/mol. The first kappa shape index (κ1) is 42.2. The van der Waals surface area contributed by atoms with Crippen LogP contribution in [0.25, 0.3) is 0 Å². The molecule has 0 aromatic carbocycles. The SMILES string of the molecule is COC1(C)CC(OC2[C@H](C)C(OC3O[C@H](C)CC(N(C)C)C3O)C(C)(O)C[C@@H](C)C(=O)[C@H](C)C(O)C(C)(C)C(C)OC(=O)[C@@H]2C)O[C@@H](C)C1. The van der Waals surface area contributed by atoms with Crippen LogP contribution in [-0.4, -0.2) is 126 Å². The smallest absolute Gasteiger partial charge is 0.311 e. The molecule has 10 unspecified atom stereocenters. The fourth-order valence-electron chi connectivity index (χ4n) is 8.22. The number of hydrogen-bond donors (Lipinski definition) is 3. The van der Waals surface area contributed by atoms with Crippen LogP contribution in [0.2, 0.25) is 0 Å². The molecule has 3 saturated heterocycles. The number of Topliss-reactive ketones (excluding diaryl/α,β-unsaturated/α-hetero) is 1. The number of carbonyl (C=O) groups is 2. The number of esters is 1. The Balaban J connectivity index is 2.15. The average molecular weight is 702 g/mol. The van der Waals surface area contributed by atoms with E-state index >= 15 is 0 Å². The van der Waals surface area contributed by atoms with Crippen LogP contribution in [0.4, 0.5) is 0 Å². The summed E-state index contributed by atoms with van der Waals surface area (Å²) in [5, 5.41) is 35.3. The van der Waals surface area contributed by atoms with Crippen molar-refractivity contribution in [3.05, 3.63) is 0 Å². The van der Waals surface area contributed by atoms with Crippen molar-refractivity contribution in [3.8, 4) is 0 Å². The zero-order valence-corrected chi connectivity index (χ0v) is 32.5. The van der Waals surface area contributed by atoms with Crippen LogP contribution in [0.15, 0.2) is 0 Å². The molecule has 0 aromatic rings. The first-order valence-corrected chi connectivity index (χ1v) is 18.1. The van der Waals surface area contributed by atoms with E-state index in [0.29, 0.717) is 19.3 Å². The molecular weight excluding hydrogens is 634 g/mol. The zero-order valence-electron chi connectivity index (χ0n) is 32.5. The third-order valence-corrected chi connectivity index (χ3v) is 11.8. The van der Waals surface area contributed by atoms with Crippen molar-refractivity contribution in [2.24, 2.45) is 29.1 Å². The van der Waals surface area contributed by atoms with Crippen molar-refractivity contribution in [2.75, 3.05) is 21.2 Å². The highest BCUT2D eigenvalue weighted by molar-refractivity contribution is 5.83. The molecule has 12 heteroatoms. The number of likely N-dealkylation sites (N-methyl/N-ethyl adjacent to an activating group) is 1. The summed E-state index contributed by atoms with van der Waals surface area (Å²) in [5.41, 5.74) is -3.19. The van der Waals surface area contributed by atoms with Gasteiger partial charge in [0.25, 0.3) is 0 Å². The number of aliphatic hydroxyl groups excluding tert-OH is 2. The Morgan fingerprint density at radius 2 is 1.45 bits per heavy atom. The highest BCUT2D eigenvalue weighted by Gasteiger charge is 2.52. The van der Waals surface area contributed by atoms with E-state index in [4.69, 9.17) is 28.4 Å². The van der Waals surface area contributed by atoms with Crippen molar-refractivity contribution in [1.29, 1.82) is 0 Å². The lowest BCUT2D eigenvalue weighted by atomic mass is 9.71. The van der Waals surface area contributed by atoms with E-state index in [1.807, 2.05) is 46.7 Å². The maximum Gasteiger partial charge on any atom is 0.311 e. The predicted molar refractivity (Wildman–Crippen MR) is 183 cm³/mol. The minimum atomic E-state index is -1.68. The topological polar surface area (TPSA) is 153 Å². The van der Waals surface area contributed by atoms with Gasteiger partial charge in [0.15, 0.2) is 12.6 Å². The van der Waals surface area contributed by atoms with Gasteiger partial charge in [-0.2, -0.15) is 0 Å². The summed E-state index contributed by atoms with van der Waals surface area (Å²) in [6, 6.07) is -0.273. The Hall–Kier alpha value is -1.22. The van der Waals surface area contributed by atoms with Gasteiger partial charge in [0, 0.05) is 49.2 Å². The molecule has 49 heavy (non-hydrogen) atoms. The number of cyclic esters (lactones) is 1. The largest absolute Gasteiger partial charge is 0.462 e. The summed E-state index contributed by atoms with van der Waals surface area (Å²) < 4.78 is 37.6. The Labute approximate surface area is 294 Å². The molecule has 12 nitrogen and oxygen atoms in total. The fraction of sp³-hybridized carbons (Fsp3) is 0.946. The van der Waals surface area contributed by atoms with Crippen molar-refractivity contribution in [1.82, 2.24) is 4.90 Å². The molecule has 286 valence electrons. The predicted octanol–water partition coefficient (Wildman–Crippen LogP) is 3.70. The van der Waals surface area contributed by atoms with Crippen LogP contribution >= 0.6 is 0 Å². The van der Waals surface area contributed by atoms with Crippen molar-refractivity contribution in [2.45, 2.75) is 174 Å². The normalized spacial score (nSPS) is 47.8. The molecule has 3 heterocycles. The van der Waals surface area contributed by atoms with Gasteiger partial charge in [-0.25, -0.2) is 0 Å². The lowest BCUT2D eigenvalue weighted by molar-refractivity contribution is -0.310. The van der Waals surface area contributed by atoms with Gasteiger partial charge < -0.3 is 48.6 Å². The zero-order chi connectivity index (χ0) is 37.4. The van der Waals surface area contributed by atoms with Crippen molar-refractivity contribution >= 4 is 11.8 Å². The molecule has 0 spiro atoms. The molecule has 0 aromatic heterocycles. The molecule has 0 amide bonds. The van der Waals surface area contributed by atoms with Crippen LogP contribution in [0.3, 0.4) is 0 Å². The average Bonchev–Trinajstić information content (AvgIpc) is 3.00. The first-order valence-electron chi connectivity index (χ1n) is 18.1. The Bertz CT molecular complexity index is 1120. The second kappa shape index (κ2) is 16.2. The fourth-order valence-corrected chi connectivity index (χ4v) is 8.22. The van der Waals surface area contributed by atoms with Gasteiger partial charge in [-0.05, 0) is 68.5 Å². The Morgan fingerprint density at radius 1 is 0.837 bits per heavy atom. The highest BCUT2D eigenvalue weighted by Crippen LogP contribution is 2.41. The number of ether oxygens (including phenoxy) is 6. The summed E-state index contributed by atoms with van der Waals surface area (Å²) in [7, 11) is 5.41. The van der Waals surface area contributed by atoms with E-state index in [-0.39, 0.29) is 30.5 Å². The van der Waals surface area contributed by atoms with Gasteiger partial charge >= 0.3 is 5.97 Å². The lowest BCUT2D eigenvalue weighted by Gasteiger charge is -2.48. The number of aliphatic hydroxyl groups is 3. The van der Waals surface area contributed by atoms with Gasteiger partial charge in [0.1, 0.15) is 18.0 Å². The number of nitrogens with zero attached hydrogens (tertiary/aromatic N) is 1. The van der Waals surface area contributed by atoms with E-state index in [0.717, 1.165) is 0 Å². The minimum absolute atomic E-state index is 0.0202. The van der Waals surface area contributed by atoms with E-state index in [2.05, 4.69) is 0 Å². The first-order chi connectivity index (χ1) is 22.4. The standard InChI is InChI=1S/C37H67NO11/c1-19-16-37(11,43)32(49-34-29(40)26(38(12)13)15-20(2)46-34)23(5)30(48-27-18-36(10,44-14)17-21(3)45-27)24(6)33(42)47-25(7)35(8,9)31(41)22(4)28(19)39/h19-27,29-32,34,40-41,43H,15-18H2,1-14H3/t19-,20-,21+,22+,23+,24-,25?,26?,27?,29?,30?,31?,32?,34?,36?,37?/m1/s1. The molecule has 0 saturated carbocycles. The quantitative estimate of drug-likeness (QED) is 0.346. The van der Waals surface area contributed by atoms with Crippen LogP contribution in [0.5, 0.6) is 0 Å². The molecule has 3 rings (SSSR count). The van der Waals surface area contributed by atoms with Crippen LogP contribution in [0, 0.1) is 29.1 Å². The molecule has 3 N–H and O–H groups in total. The number of ketones is 1. The Kier molecular flexibility index (Phi) is 14.0. The van der Waals surface area contributed by atoms with E-state index in [9.17, 15) is 24.9 Å². The number of hydrogen-bond acceptors (Lipinski definition) is 12. The number of methoxy groups -OCH3 is 1. The van der Waals surface area contributed by atoms with Crippen LogP contribution in [0.1, 0.15) is 102 Å². The molecule has 0 aliphatic carbocycles. The van der Waals surface area contributed by atoms with E-state index < -0.39 is 89.4 Å². The maximum absolute atomic E-state index is 14.0. The summed E-state index contributed by atoms with van der Waals surface area (Å²) in [5.74, 6) is -3.88. The van der Waals surface area contributed by atoms with Crippen LogP contribution in [-0.2, 0) is 38.0 Å². The van der Waals surface area contributed by atoms with Gasteiger partial charge in [0.05, 0.1) is 47.6 Å².